The van der Waals surface area contributed by atoms with Crippen molar-refractivity contribution in [1.29, 1.82) is 0 Å². The second-order valence-corrected chi connectivity index (χ2v) is 5.36. The van der Waals surface area contributed by atoms with Crippen LogP contribution in [0.5, 0.6) is 5.88 Å². The molecule has 0 bridgehead atoms. The molecule has 0 aliphatic carbocycles. The summed E-state index contributed by atoms with van der Waals surface area (Å²) in [5, 5.41) is 13.0. The molecule has 2 aromatic rings. The van der Waals surface area contributed by atoms with Crippen LogP contribution in [0.3, 0.4) is 0 Å². The van der Waals surface area contributed by atoms with Crippen molar-refractivity contribution < 1.29 is 19.1 Å². The highest BCUT2D eigenvalue weighted by molar-refractivity contribution is 5.91. The van der Waals surface area contributed by atoms with Gasteiger partial charge in [0.2, 0.25) is 11.8 Å². The fraction of sp³-hybridized carbons (Fsp3) is 0.467. The van der Waals surface area contributed by atoms with E-state index in [2.05, 4.69) is 20.8 Å². The summed E-state index contributed by atoms with van der Waals surface area (Å²) in [6.45, 7) is 5.59. The van der Waals surface area contributed by atoms with Gasteiger partial charge < -0.3 is 14.8 Å². The fourth-order valence-electron chi connectivity index (χ4n) is 2.16. The number of fused-ring (bicyclic) bond motifs is 1. The van der Waals surface area contributed by atoms with Crippen LogP contribution < -0.4 is 15.4 Å². The zero-order valence-corrected chi connectivity index (χ0v) is 14.1. The van der Waals surface area contributed by atoms with Gasteiger partial charge in [0.05, 0.1) is 13.7 Å². The maximum atomic E-state index is 12.2. The van der Waals surface area contributed by atoms with Crippen LogP contribution in [-0.2, 0) is 9.53 Å². The first-order valence-corrected chi connectivity index (χ1v) is 7.60. The first kappa shape index (κ1) is 17.5. The minimum atomic E-state index is -0.758. The number of rotatable bonds is 6. The van der Waals surface area contributed by atoms with Crippen molar-refractivity contribution in [2.75, 3.05) is 19.0 Å². The molecule has 9 heteroatoms. The molecular formula is C15H21N5O4. The number of methoxy groups -OCH3 is 1. The number of carbonyl (C=O) groups excluding carboxylic acids is 2. The van der Waals surface area contributed by atoms with Gasteiger partial charge in [0, 0.05) is 0 Å². The van der Waals surface area contributed by atoms with Gasteiger partial charge in [-0.15, -0.1) is 10.2 Å². The Morgan fingerprint density at radius 1 is 1.29 bits per heavy atom. The quantitative estimate of drug-likeness (QED) is 0.774. The van der Waals surface area contributed by atoms with Crippen LogP contribution in [0.4, 0.5) is 10.7 Å². The van der Waals surface area contributed by atoms with E-state index in [1.54, 1.807) is 29.5 Å². The molecule has 9 nitrogen and oxygen atoms in total. The number of pyridine rings is 1. The Bertz CT molecular complexity index is 728. The van der Waals surface area contributed by atoms with E-state index in [0.717, 1.165) is 0 Å². The topological polar surface area (TPSA) is 107 Å². The molecule has 0 aliphatic heterocycles. The highest BCUT2D eigenvalue weighted by Crippen LogP contribution is 2.18. The molecule has 1 unspecified atom stereocenters. The van der Waals surface area contributed by atoms with Crippen molar-refractivity contribution >= 4 is 23.6 Å². The zero-order valence-electron chi connectivity index (χ0n) is 14.1. The third-order valence-corrected chi connectivity index (χ3v) is 3.32. The number of esters is 1. The first-order valence-electron chi connectivity index (χ1n) is 7.60. The maximum absolute atomic E-state index is 12.2. The van der Waals surface area contributed by atoms with Gasteiger partial charge in [0.15, 0.2) is 5.65 Å². The average Bonchev–Trinajstić information content (AvgIpc) is 2.95. The highest BCUT2D eigenvalue weighted by atomic mass is 16.5. The number of nitrogens with zero attached hydrogens (tertiary/aromatic N) is 3. The van der Waals surface area contributed by atoms with Gasteiger partial charge in [-0.1, -0.05) is 19.9 Å². The smallest absolute Gasteiger partial charge is 0.328 e. The Morgan fingerprint density at radius 3 is 2.67 bits per heavy atom. The van der Waals surface area contributed by atoms with Gasteiger partial charge in [-0.25, -0.2) is 14.0 Å². The molecule has 2 amide bonds. The van der Waals surface area contributed by atoms with Crippen molar-refractivity contribution in [3.63, 3.8) is 0 Å². The lowest BCUT2D eigenvalue weighted by Crippen LogP contribution is -2.47. The number of aromatic nitrogens is 3. The van der Waals surface area contributed by atoms with Crippen LogP contribution in [0.1, 0.15) is 20.8 Å². The molecule has 0 aliphatic rings. The molecule has 24 heavy (non-hydrogen) atoms. The summed E-state index contributed by atoms with van der Waals surface area (Å²) in [4.78, 5) is 24.1. The lowest BCUT2D eigenvalue weighted by atomic mass is 10.1. The van der Waals surface area contributed by atoms with E-state index in [-0.39, 0.29) is 18.5 Å². The van der Waals surface area contributed by atoms with Crippen molar-refractivity contribution in [2.45, 2.75) is 26.8 Å². The standard InChI is InChI=1S/C15H21N5O4/c1-5-24-13(21)12(9(2)3)16-15(22)17-14-19-18-10-7-6-8-11(23-4)20(10)14/h6-9,12H,5H2,1-4H3,(H2,16,17,19,22). The van der Waals surface area contributed by atoms with E-state index in [4.69, 9.17) is 9.47 Å². The van der Waals surface area contributed by atoms with Crippen LogP contribution in [0.25, 0.3) is 5.65 Å². The van der Waals surface area contributed by atoms with Crippen LogP contribution >= 0.6 is 0 Å². The van der Waals surface area contributed by atoms with E-state index in [1.165, 1.54) is 7.11 Å². The number of hydrogen-bond donors (Lipinski definition) is 2. The van der Waals surface area contributed by atoms with E-state index in [0.29, 0.717) is 11.5 Å². The van der Waals surface area contributed by atoms with Gasteiger partial charge in [-0.2, -0.15) is 0 Å². The van der Waals surface area contributed by atoms with Crippen LogP contribution in [0.15, 0.2) is 18.2 Å². The first-order chi connectivity index (χ1) is 11.5. The van der Waals surface area contributed by atoms with Gasteiger partial charge in [0.1, 0.15) is 6.04 Å². The number of nitrogens with one attached hydrogen (secondary N) is 2. The second-order valence-electron chi connectivity index (χ2n) is 5.36. The normalized spacial score (nSPS) is 12.0. The Hall–Kier alpha value is -2.84. The van der Waals surface area contributed by atoms with Crippen LogP contribution in [-0.4, -0.2) is 46.4 Å². The maximum Gasteiger partial charge on any atom is 0.328 e. The summed E-state index contributed by atoms with van der Waals surface area (Å²) in [6.07, 6.45) is 0. The number of anilines is 1. The summed E-state index contributed by atoms with van der Waals surface area (Å²) in [6, 6.07) is 3.87. The number of carbonyl (C=O) groups is 2. The Labute approximate surface area is 139 Å². The van der Waals surface area contributed by atoms with Gasteiger partial charge in [-0.05, 0) is 25.0 Å². The number of urea groups is 1. The number of hydrogen-bond acceptors (Lipinski definition) is 6. The lowest BCUT2D eigenvalue weighted by molar-refractivity contribution is -0.146. The van der Waals surface area contributed by atoms with Crippen molar-refractivity contribution in [3.05, 3.63) is 18.2 Å². The summed E-state index contributed by atoms with van der Waals surface area (Å²) in [7, 11) is 1.51. The summed E-state index contributed by atoms with van der Waals surface area (Å²) < 4.78 is 11.8. The van der Waals surface area contributed by atoms with E-state index < -0.39 is 18.0 Å². The summed E-state index contributed by atoms with van der Waals surface area (Å²) in [5.41, 5.74) is 0.524. The molecule has 130 valence electrons. The molecule has 2 rings (SSSR count). The van der Waals surface area contributed by atoms with E-state index in [1.807, 2.05) is 13.8 Å². The molecule has 0 fully saturated rings. The Balaban J connectivity index is 2.16. The summed E-state index contributed by atoms with van der Waals surface area (Å²) >= 11 is 0. The third-order valence-electron chi connectivity index (χ3n) is 3.32. The van der Waals surface area contributed by atoms with Crippen molar-refractivity contribution in [1.82, 2.24) is 19.9 Å². The van der Waals surface area contributed by atoms with Gasteiger partial charge in [0.25, 0.3) is 0 Å². The molecular weight excluding hydrogens is 314 g/mol. The molecule has 2 aromatic heterocycles. The minimum Gasteiger partial charge on any atom is -0.482 e. The predicted molar refractivity (Wildman–Crippen MR) is 87.0 cm³/mol. The largest absolute Gasteiger partial charge is 0.482 e. The molecule has 1 atom stereocenters. The molecule has 0 spiro atoms. The molecule has 0 aromatic carbocycles. The number of ether oxygens (including phenoxy) is 2. The Morgan fingerprint density at radius 2 is 2.04 bits per heavy atom. The Kier molecular flexibility index (Phi) is 5.56. The molecule has 2 N–H and O–H groups in total. The van der Waals surface area contributed by atoms with Crippen LogP contribution in [0.2, 0.25) is 0 Å². The van der Waals surface area contributed by atoms with E-state index >= 15 is 0 Å². The fourth-order valence-corrected chi connectivity index (χ4v) is 2.16. The second kappa shape index (κ2) is 7.62. The average molecular weight is 335 g/mol. The predicted octanol–water partition coefficient (Wildman–Crippen LogP) is 1.45. The lowest BCUT2D eigenvalue weighted by Gasteiger charge is -2.20. The summed E-state index contributed by atoms with van der Waals surface area (Å²) in [5.74, 6) is 0.0516. The molecule has 2 heterocycles. The zero-order chi connectivity index (χ0) is 17.7. The van der Waals surface area contributed by atoms with Crippen molar-refractivity contribution in [2.24, 2.45) is 5.92 Å². The molecule has 0 radical (unpaired) electrons. The van der Waals surface area contributed by atoms with E-state index in [9.17, 15) is 9.59 Å². The van der Waals surface area contributed by atoms with Crippen molar-refractivity contribution in [3.8, 4) is 5.88 Å². The van der Waals surface area contributed by atoms with Crippen LogP contribution in [0, 0.1) is 5.92 Å². The van der Waals surface area contributed by atoms with Gasteiger partial charge in [-0.3, -0.25) is 5.32 Å². The monoisotopic (exact) mass is 335 g/mol. The molecule has 0 saturated carbocycles. The van der Waals surface area contributed by atoms with Gasteiger partial charge >= 0.3 is 12.0 Å². The molecule has 0 saturated heterocycles. The third kappa shape index (κ3) is 3.73. The highest BCUT2D eigenvalue weighted by Gasteiger charge is 2.26. The minimum absolute atomic E-state index is 0.125. The number of amides is 2. The SMILES string of the molecule is CCOC(=O)C(NC(=O)Nc1nnc2cccc(OC)n12)C(C)C.